The van der Waals surface area contributed by atoms with Crippen molar-refractivity contribution in [3.63, 3.8) is 0 Å². The number of benzene rings is 2. The summed E-state index contributed by atoms with van der Waals surface area (Å²) in [6, 6.07) is 13.4. The lowest BCUT2D eigenvalue weighted by molar-refractivity contribution is -0.123. The van der Waals surface area contributed by atoms with Gasteiger partial charge in [0, 0.05) is 86.2 Å². The maximum Gasteiger partial charge on any atom is 0.315 e. The van der Waals surface area contributed by atoms with Gasteiger partial charge in [-0.15, -0.1) is 0 Å². The lowest BCUT2D eigenvalue weighted by atomic mass is 10.0. The molecule has 3 aromatic rings. The Morgan fingerprint density at radius 1 is 0.764 bits per heavy atom. The highest BCUT2D eigenvalue weighted by atomic mass is 32.2. The number of halogens is 1. The van der Waals surface area contributed by atoms with Crippen molar-refractivity contribution < 1.29 is 52.0 Å². The third kappa shape index (κ3) is 21.4. The normalized spacial score (nSPS) is 15.6. The van der Waals surface area contributed by atoms with Gasteiger partial charge in [-0.25, -0.2) is 14.2 Å². The number of amides is 6. The highest BCUT2D eigenvalue weighted by Crippen LogP contribution is 2.33. The number of nitriles is 1. The number of carbonyl (C=O) groups is 5. The van der Waals surface area contributed by atoms with Crippen LogP contribution < -0.4 is 47.3 Å². The summed E-state index contributed by atoms with van der Waals surface area (Å²) in [5.74, 6) is -0.0462. The summed E-state index contributed by atoms with van der Waals surface area (Å²) in [5.41, 5.74) is 1.56. The molecule has 0 spiro atoms. The second-order valence-corrected chi connectivity index (χ2v) is 17.8. The first-order valence-corrected chi connectivity index (χ1v) is 25.2. The first-order valence-electron chi connectivity index (χ1n) is 24.2. The fourth-order valence-electron chi connectivity index (χ4n) is 7.32. The van der Waals surface area contributed by atoms with Crippen molar-refractivity contribution in [3.05, 3.63) is 72.7 Å². The predicted molar refractivity (Wildman–Crippen MR) is 270 cm³/mol. The maximum absolute atomic E-state index is 14.9. The van der Waals surface area contributed by atoms with Crippen molar-refractivity contribution in [2.24, 2.45) is 0 Å². The number of thioether (sulfide) groups is 1. The van der Waals surface area contributed by atoms with Crippen molar-refractivity contribution >= 4 is 70.3 Å². The number of hydrogen-bond donors (Lipinski definition) is 8. The number of ether oxygens (including phenoxy) is 5. The van der Waals surface area contributed by atoms with Crippen LogP contribution in [0.25, 0.3) is 0 Å². The van der Waals surface area contributed by atoms with Crippen molar-refractivity contribution in [2.45, 2.75) is 75.1 Å². The standard InChI is InChI=1S/C49H66FN11O10S/c1-2-42(62)56-35-9-5-10-36(29-35)57-47-34(31-51)32-55-48(61-47)58-37-15-16-40(38(50)30-37)71-28-27-69-22-19-54-45(65)14-6-13-44(64)53-18-8-21-68-24-26-70-25-23-67-20-7-17-52-43(63)12-4-3-11-41-46-39(33-72-41)59-49(66)60-46/h2,5,9-10,15-16,29-30,32,39,41,46H,1,3-4,6-8,11-14,17-28,33H2,(H,52,63)(H,53,64)(H,54,65)(H,56,62)(H2,59,60,66)(H2,55,57,58,61)/t39-,41-,46-/m0/s1. The van der Waals surface area contributed by atoms with E-state index in [9.17, 15) is 33.6 Å². The zero-order valence-corrected chi connectivity index (χ0v) is 41.2. The second kappa shape index (κ2) is 32.4. The zero-order chi connectivity index (χ0) is 51.2. The van der Waals surface area contributed by atoms with E-state index in [0.29, 0.717) is 94.3 Å². The molecule has 6 amide bonds. The van der Waals surface area contributed by atoms with Crippen LogP contribution in [0.5, 0.6) is 5.75 Å². The van der Waals surface area contributed by atoms with Crippen LogP contribution in [-0.2, 0) is 38.1 Å². The summed E-state index contributed by atoms with van der Waals surface area (Å²) in [4.78, 5) is 68.2. The van der Waals surface area contributed by atoms with Crippen LogP contribution >= 0.6 is 11.8 Å². The van der Waals surface area contributed by atoms with Gasteiger partial charge in [0.2, 0.25) is 29.6 Å². The summed E-state index contributed by atoms with van der Waals surface area (Å²) in [5, 5.41) is 33.1. The number of anilines is 5. The predicted octanol–water partition coefficient (Wildman–Crippen LogP) is 4.57. The van der Waals surface area contributed by atoms with Crippen molar-refractivity contribution in [3.8, 4) is 11.8 Å². The Bertz CT molecular complexity index is 2270. The quantitative estimate of drug-likeness (QED) is 0.0225. The summed E-state index contributed by atoms with van der Waals surface area (Å²) in [7, 11) is 0. The van der Waals surface area contributed by atoms with E-state index in [1.54, 1.807) is 30.3 Å². The van der Waals surface area contributed by atoms with Crippen LogP contribution in [0.15, 0.2) is 61.3 Å². The molecule has 21 nitrogen and oxygen atoms in total. The van der Waals surface area contributed by atoms with Crippen LogP contribution in [0.2, 0.25) is 0 Å². The van der Waals surface area contributed by atoms with Gasteiger partial charge in [-0.05, 0) is 68.5 Å². The van der Waals surface area contributed by atoms with Gasteiger partial charge >= 0.3 is 6.03 Å². The SMILES string of the molecule is C=CC(=O)Nc1cccc(Nc2nc(Nc3ccc(OCCOCCNC(=O)CCCC(=O)NCCCOCCOCCOCCCNC(=O)CCCC[C@@H]4SC[C@@H]5NC(=O)N[C@@H]54)c(F)c3)ncc2C#N)c1. The second-order valence-electron chi connectivity index (χ2n) is 16.5. The number of rotatable bonds is 36. The van der Waals surface area contributed by atoms with Crippen LogP contribution in [0, 0.1) is 17.1 Å². The summed E-state index contributed by atoms with van der Waals surface area (Å²) in [6.45, 7) is 7.93. The van der Waals surface area contributed by atoms with Gasteiger partial charge in [0.1, 0.15) is 18.2 Å². The molecule has 2 saturated heterocycles. The Morgan fingerprint density at radius 3 is 2.10 bits per heavy atom. The molecule has 2 aliphatic heterocycles. The average Bonchev–Trinajstić information content (AvgIpc) is 3.93. The number of unbranched alkanes of at least 4 members (excludes halogenated alkanes) is 1. The van der Waals surface area contributed by atoms with Gasteiger partial charge in [0.25, 0.3) is 0 Å². The third-order valence-corrected chi connectivity index (χ3v) is 12.4. The summed E-state index contributed by atoms with van der Waals surface area (Å²) < 4.78 is 42.5. The van der Waals surface area contributed by atoms with Gasteiger partial charge in [-0.1, -0.05) is 19.1 Å². The van der Waals surface area contributed by atoms with Crippen LogP contribution in [0.4, 0.5) is 38.0 Å². The van der Waals surface area contributed by atoms with Crippen molar-refractivity contribution in [1.29, 1.82) is 5.26 Å². The van der Waals surface area contributed by atoms with Gasteiger partial charge < -0.3 is 66.2 Å². The van der Waals surface area contributed by atoms with Gasteiger partial charge in [0.15, 0.2) is 17.4 Å². The van der Waals surface area contributed by atoms with E-state index in [2.05, 4.69) is 59.1 Å². The number of carbonyl (C=O) groups excluding carboxylic acids is 5. The van der Waals surface area contributed by atoms with E-state index in [4.69, 9.17) is 23.7 Å². The summed E-state index contributed by atoms with van der Waals surface area (Å²) >= 11 is 1.89. The smallest absolute Gasteiger partial charge is 0.315 e. The monoisotopic (exact) mass is 1020 g/mol. The average molecular weight is 1020 g/mol. The molecule has 1 aromatic heterocycles. The molecule has 72 heavy (non-hydrogen) atoms. The highest BCUT2D eigenvalue weighted by molar-refractivity contribution is 8.00. The van der Waals surface area contributed by atoms with Crippen LogP contribution in [-0.4, -0.2) is 142 Å². The number of aromatic nitrogens is 2. The Kier molecular flexibility index (Phi) is 25.4. The first-order chi connectivity index (χ1) is 35.1. The van der Waals surface area contributed by atoms with Crippen LogP contribution in [0.3, 0.4) is 0 Å². The number of hydrogen-bond acceptors (Lipinski definition) is 16. The molecule has 3 atom stereocenters. The molecule has 2 aliphatic rings. The number of fused-ring (bicyclic) bond motifs is 1. The Morgan fingerprint density at radius 2 is 1.40 bits per heavy atom. The van der Waals surface area contributed by atoms with Gasteiger partial charge in [-0.3, -0.25) is 19.2 Å². The minimum atomic E-state index is -0.637. The maximum atomic E-state index is 14.9. The molecule has 3 heterocycles. The Hall–Kier alpha value is -6.58. The Labute approximate surface area is 423 Å². The first kappa shape index (κ1) is 56.3. The number of nitrogens with zero attached hydrogens (tertiary/aromatic N) is 3. The van der Waals surface area contributed by atoms with Crippen molar-refractivity contribution in [1.82, 2.24) is 36.6 Å². The van der Waals surface area contributed by atoms with E-state index in [-0.39, 0.29) is 104 Å². The molecule has 5 rings (SSSR count). The van der Waals surface area contributed by atoms with E-state index >= 15 is 0 Å². The molecule has 2 fully saturated rings. The van der Waals surface area contributed by atoms with Crippen molar-refractivity contribution in [2.75, 3.05) is 101 Å². The van der Waals surface area contributed by atoms with Crippen LogP contribution in [0.1, 0.15) is 63.4 Å². The van der Waals surface area contributed by atoms with E-state index < -0.39 is 5.82 Å². The lowest BCUT2D eigenvalue weighted by Crippen LogP contribution is -2.36. The van der Waals surface area contributed by atoms with Gasteiger partial charge in [-0.2, -0.15) is 22.0 Å². The van der Waals surface area contributed by atoms with E-state index in [1.807, 2.05) is 17.8 Å². The molecule has 0 bridgehead atoms. The molecule has 2 aromatic carbocycles. The largest absolute Gasteiger partial charge is 0.488 e. The van der Waals surface area contributed by atoms with Gasteiger partial charge in [0.05, 0.1) is 57.9 Å². The minimum Gasteiger partial charge on any atom is -0.488 e. The highest BCUT2D eigenvalue weighted by Gasteiger charge is 2.42. The molecular formula is C49H66FN11O10S. The molecule has 0 saturated carbocycles. The van der Waals surface area contributed by atoms with E-state index in [0.717, 1.165) is 37.5 Å². The molecule has 0 aliphatic carbocycles. The molecular weight excluding hydrogens is 954 g/mol. The fourth-order valence-corrected chi connectivity index (χ4v) is 8.86. The fraction of sp³-hybridized carbons (Fsp3) is 0.510. The topological polar surface area (TPSA) is 277 Å². The molecule has 23 heteroatoms. The number of nitrogens with one attached hydrogen (secondary N) is 8. The molecule has 0 unspecified atom stereocenters. The third-order valence-electron chi connectivity index (χ3n) is 10.9. The molecule has 8 N–H and O–H groups in total. The Balaban J connectivity index is 0.772. The number of urea groups is 1. The minimum absolute atomic E-state index is 0.00552. The lowest BCUT2D eigenvalue weighted by Gasteiger charge is -2.16. The van der Waals surface area contributed by atoms with E-state index in [1.165, 1.54) is 18.3 Å². The summed E-state index contributed by atoms with van der Waals surface area (Å²) in [6.07, 6.45) is 7.96. The zero-order valence-electron chi connectivity index (χ0n) is 40.4. The molecule has 390 valence electrons. The molecule has 0 radical (unpaired) electrons.